The summed E-state index contributed by atoms with van der Waals surface area (Å²) < 4.78 is 0. The van der Waals surface area contributed by atoms with E-state index in [-0.39, 0.29) is 12.2 Å². The minimum absolute atomic E-state index is 0.106. The van der Waals surface area contributed by atoms with Crippen LogP contribution >= 0.6 is 0 Å². The topological polar surface area (TPSA) is 83.5 Å². The van der Waals surface area contributed by atoms with E-state index in [9.17, 15) is 19.5 Å². The molecule has 0 aliphatic heterocycles. The number of benzene rings is 3. The van der Waals surface area contributed by atoms with Crippen molar-refractivity contribution in [3.8, 4) is 11.1 Å². The summed E-state index contributed by atoms with van der Waals surface area (Å²) in [5.74, 6) is -1.52. The average Bonchev–Trinajstić information content (AvgIpc) is 3.01. The van der Waals surface area contributed by atoms with Gasteiger partial charge in [-0.05, 0) is 17.2 Å². The minimum Gasteiger partial charge on any atom is -0.481 e. The summed E-state index contributed by atoms with van der Waals surface area (Å²) >= 11 is 0. The van der Waals surface area contributed by atoms with E-state index in [0.717, 1.165) is 5.56 Å². The summed E-state index contributed by atoms with van der Waals surface area (Å²) in [6.07, 6.45) is -0.236. The van der Waals surface area contributed by atoms with Gasteiger partial charge in [-0.25, -0.2) is 0 Å². The summed E-state index contributed by atoms with van der Waals surface area (Å²) in [7, 11) is 0. The summed E-state index contributed by atoms with van der Waals surface area (Å²) in [4.78, 5) is 37.0. The Balaban J connectivity index is 1.72. The Morgan fingerprint density at radius 3 is 2.18 bits per heavy atom. The van der Waals surface area contributed by atoms with E-state index in [1.54, 1.807) is 54.6 Å². The molecule has 0 bridgehead atoms. The predicted octanol–water partition coefficient (Wildman–Crippen LogP) is 3.84. The molecule has 1 aliphatic rings. The zero-order valence-corrected chi connectivity index (χ0v) is 14.9. The summed E-state index contributed by atoms with van der Waals surface area (Å²) in [5.41, 5.74) is 3.46. The number of rotatable bonds is 5. The first kappa shape index (κ1) is 17.7. The normalized spacial score (nSPS) is 12.8. The quantitative estimate of drug-likeness (QED) is 0.558. The Morgan fingerprint density at radius 1 is 0.821 bits per heavy atom. The molecule has 0 aromatic heterocycles. The molecule has 0 fully saturated rings. The zero-order chi connectivity index (χ0) is 19.7. The van der Waals surface area contributed by atoms with Crippen LogP contribution in [0.5, 0.6) is 0 Å². The molecule has 0 radical (unpaired) electrons. The van der Waals surface area contributed by atoms with E-state index in [4.69, 9.17) is 0 Å². The Bertz CT molecular complexity index is 1090. The third-order valence-corrected chi connectivity index (χ3v) is 4.88. The van der Waals surface area contributed by atoms with Crippen LogP contribution in [0.3, 0.4) is 0 Å². The van der Waals surface area contributed by atoms with Gasteiger partial charge < -0.3 is 10.4 Å². The molecule has 3 aromatic rings. The fraction of sp³-hybridized carbons (Fsp3) is 0.0870. The van der Waals surface area contributed by atoms with E-state index in [1.165, 1.54) is 0 Å². The van der Waals surface area contributed by atoms with Crippen LogP contribution in [0, 0.1) is 0 Å². The molecule has 0 saturated carbocycles. The van der Waals surface area contributed by atoms with Crippen LogP contribution in [-0.2, 0) is 4.79 Å². The highest BCUT2D eigenvalue weighted by atomic mass is 16.4. The summed E-state index contributed by atoms with van der Waals surface area (Å²) in [6, 6.07) is 20.5. The molecule has 28 heavy (non-hydrogen) atoms. The maximum absolute atomic E-state index is 13.1. The number of ketones is 1. The fourth-order valence-corrected chi connectivity index (χ4v) is 3.61. The van der Waals surface area contributed by atoms with Gasteiger partial charge in [-0.3, -0.25) is 14.4 Å². The molecule has 1 aliphatic carbocycles. The molecular formula is C23H17NO4. The number of fused-ring (bicyclic) bond motifs is 3. The van der Waals surface area contributed by atoms with E-state index >= 15 is 0 Å². The Morgan fingerprint density at radius 2 is 1.46 bits per heavy atom. The average molecular weight is 371 g/mol. The van der Waals surface area contributed by atoms with Gasteiger partial charge in [0.2, 0.25) is 0 Å². The largest absolute Gasteiger partial charge is 0.481 e. The Hall–Kier alpha value is -3.73. The van der Waals surface area contributed by atoms with Crippen LogP contribution in [0.4, 0.5) is 0 Å². The lowest BCUT2D eigenvalue weighted by Gasteiger charge is -2.18. The monoisotopic (exact) mass is 371 g/mol. The summed E-state index contributed by atoms with van der Waals surface area (Å²) in [5, 5.41) is 12.1. The molecule has 0 spiro atoms. The maximum Gasteiger partial charge on any atom is 0.305 e. The molecule has 138 valence electrons. The lowest BCUT2D eigenvalue weighted by Crippen LogP contribution is -2.30. The number of aliphatic carboxylic acids is 1. The standard InChI is InChI=1S/C23H17NO4/c25-20(26)13-19(14-7-2-1-3-8-14)24-23(28)18-12-6-11-17-21(18)15-9-4-5-10-16(15)22(17)27/h1-12,19H,13H2,(H,24,28)(H,25,26). The smallest absolute Gasteiger partial charge is 0.305 e. The molecule has 1 amide bonds. The lowest BCUT2D eigenvalue weighted by atomic mass is 9.97. The van der Waals surface area contributed by atoms with E-state index in [2.05, 4.69) is 5.32 Å². The van der Waals surface area contributed by atoms with Gasteiger partial charge in [-0.15, -0.1) is 0 Å². The zero-order valence-electron chi connectivity index (χ0n) is 14.9. The van der Waals surface area contributed by atoms with E-state index < -0.39 is 17.9 Å². The molecule has 2 N–H and O–H groups in total. The number of carboxylic acid groups (broad SMARTS) is 1. The van der Waals surface area contributed by atoms with Crippen LogP contribution in [0.15, 0.2) is 72.8 Å². The number of carbonyl (C=O) groups excluding carboxylic acids is 2. The van der Waals surface area contributed by atoms with Crippen LogP contribution in [0.1, 0.15) is 44.3 Å². The molecule has 5 nitrogen and oxygen atoms in total. The van der Waals surface area contributed by atoms with Crippen molar-refractivity contribution < 1.29 is 19.5 Å². The van der Waals surface area contributed by atoms with Gasteiger partial charge in [0.25, 0.3) is 5.91 Å². The maximum atomic E-state index is 13.1. The number of carboxylic acids is 1. The first-order valence-electron chi connectivity index (χ1n) is 8.91. The Kier molecular flexibility index (Phi) is 4.49. The molecule has 0 heterocycles. The lowest BCUT2D eigenvalue weighted by molar-refractivity contribution is -0.137. The van der Waals surface area contributed by atoms with Crippen molar-refractivity contribution in [2.75, 3.05) is 0 Å². The van der Waals surface area contributed by atoms with E-state index in [0.29, 0.717) is 27.8 Å². The van der Waals surface area contributed by atoms with Crippen molar-refractivity contribution in [2.24, 2.45) is 0 Å². The number of carbonyl (C=O) groups is 3. The van der Waals surface area contributed by atoms with Crippen LogP contribution < -0.4 is 5.32 Å². The second-order valence-corrected chi connectivity index (χ2v) is 6.64. The van der Waals surface area contributed by atoms with Gasteiger partial charge in [0.05, 0.1) is 12.5 Å². The second kappa shape index (κ2) is 7.12. The van der Waals surface area contributed by atoms with Gasteiger partial charge in [0, 0.05) is 22.3 Å². The van der Waals surface area contributed by atoms with E-state index in [1.807, 2.05) is 18.2 Å². The SMILES string of the molecule is O=C(O)CC(NC(=O)c1cccc2c1-c1ccccc1C2=O)c1ccccc1. The number of hydrogen-bond donors (Lipinski definition) is 2. The third-order valence-electron chi connectivity index (χ3n) is 4.88. The highest BCUT2D eigenvalue weighted by Gasteiger charge is 2.30. The molecular weight excluding hydrogens is 354 g/mol. The predicted molar refractivity (Wildman–Crippen MR) is 104 cm³/mol. The Labute approximate surface area is 161 Å². The molecule has 3 aromatic carbocycles. The summed E-state index contributed by atoms with van der Waals surface area (Å²) in [6.45, 7) is 0. The fourth-order valence-electron chi connectivity index (χ4n) is 3.61. The number of amides is 1. The van der Waals surface area contributed by atoms with Crippen LogP contribution in [0.2, 0.25) is 0 Å². The van der Waals surface area contributed by atoms with Crippen molar-refractivity contribution in [2.45, 2.75) is 12.5 Å². The van der Waals surface area contributed by atoms with Crippen molar-refractivity contribution >= 4 is 17.7 Å². The first-order chi connectivity index (χ1) is 13.6. The van der Waals surface area contributed by atoms with Crippen molar-refractivity contribution in [1.29, 1.82) is 0 Å². The number of nitrogens with one attached hydrogen (secondary N) is 1. The van der Waals surface area contributed by atoms with Crippen molar-refractivity contribution in [3.63, 3.8) is 0 Å². The van der Waals surface area contributed by atoms with Crippen LogP contribution in [-0.4, -0.2) is 22.8 Å². The van der Waals surface area contributed by atoms with Gasteiger partial charge in [-0.2, -0.15) is 0 Å². The third kappa shape index (κ3) is 3.07. The highest BCUT2D eigenvalue weighted by molar-refractivity contribution is 6.24. The molecule has 5 heteroatoms. The second-order valence-electron chi connectivity index (χ2n) is 6.64. The van der Waals surface area contributed by atoms with Crippen molar-refractivity contribution in [3.05, 3.63) is 95.1 Å². The number of hydrogen-bond acceptors (Lipinski definition) is 3. The van der Waals surface area contributed by atoms with Gasteiger partial charge in [0.1, 0.15) is 0 Å². The van der Waals surface area contributed by atoms with Gasteiger partial charge in [0.15, 0.2) is 5.78 Å². The molecule has 1 unspecified atom stereocenters. The first-order valence-corrected chi connectivity index (χ1v) is 8.91. The van der Waals surface area contributed by atoms with Crippen molar-refractivity contribution in [1.82, 2.24) is 5.32 Å². The van der Waals surface area contributed by atoms with Gasteiger partial charge >= 0.3 is 5.97 Å². The molecule has 4 rings (SSSR count). The van der Waals surface area contributed by atoms with Gasteiger partial charge in [-0.1, -0.05) is 66.7 Å². The molecule has 0 saturated heterocycles. The molecule has 1 atom stereocenters. The minimum atomic E-state index is -1.01. The van der Waals surface area contributed by atoms with Crippen LogP contribution in [0.25, 0.3) is 11.1 Å². The highest BCUT2D eigenvalue weighted by Crippen LogP contribution is 2.38.